The Morgan fingerprint density at radius 3 is 1.93 bits per heavy atom. The molecule has 2 rings (SSSR count). The highest BCUT2D eigenvalue weighted by atomic mass is 16.5. The van der Waals surface area contributed by atoms with Crippen molar-refractivity contribution in [1.29, 1.82) is 0 Å². The van der Waals surface area contributed by atoms with E-state index in [1.807, 2.05) is 24.3 Å². The highest BCUT2D eigenvalue weighted by molar-refractivity contribution is 5.56. The van der Waals surface area contributed by atoms with E-state index in [4.69, 9.17) is 15.3 Å². The summed E-state index contributed by atoms with van der Waals surface area (Å²) in [6, 6.07) is 7.86. The molecule has 0 spiro atoms. The van der Waals surface area contributed by atoms with Gasteiger partial charge in [-0.15, -0.1) is 0 Å². The molecule has 0 bridgehead atoms. The van der Waals surface area contributed by atoms with Gasteiger partial charge >= 0.3 is 0 Å². The molecule has 1 aromatic rings. The van der Waals surface area contributed by atoms with Crippen molar-refractivity contribution >= 4 is 11.4 Å². The van der Waals surface area contributed by atoms with Gasteiger partial charge in [0.25, 0.3) is 0 Å². The molecule has 1 aromatic carbocycles. The second-order valence-corrected chi connectivity index (χ2v) is 6.82. The molecule has 0 aliphatic heterocycles. The van der Waals surface area contributed by atoms with E-state index < -0.39 is 4.65 Å². The van der Waals surface area contributed by atoms with Crippen LogP contribution in [0.5, 0.6) is 0 Å². The van der Waals surface area contributed by atoms with Crippen molar-refractivity contribution in [2.75, 3.05) is 63.2 Å². The van der Waals surface area contributed by atoms with E-state index >= 15 is 0 Å². The van der Waals surface area contributed by atoms with Crippen LogP contribution in [0.1, 0.15) is 12.8 Å². The second-order valence-electron chi connectivity index (χ2n) is 6.82. The molecule has 0 heterocycles. The van der Waals surface area contributed by atoms with Crippen LogP contribution in [0, 0.1) is 5.21 Å². The van der Waals surface area contributed by atoms with Crippen molar-refractivity contribution in [3.8, 4) is 0 Å². The van der Waals surface area contributed by atoms with Crippen molar-refractivity contribution < 1.29 is 20.0 Å². The largest absolute Gasteiger partial charge is 0.633 e. The first-order valence-corrected chi connectivity index (χ1v) is 9.71. The number of aliphatic hydroxyl groups is 3. The summed E-state index contributed by atoms with van der Waals surface area (Å²) >= 11 is 0. The average molecular weight is 393 g/mol. The minimum atomic E-state index is -0.601. The van der Waals surface area contributed by atoms with Crippen LogP contribution in [-0.4, -0.2) is 72.5 Å². The van der Waals surface area contributed by atoms with E-state index in [0.717, 1.165) is 35.6 Å². The Balaban J connectivity index is 1.77. The van der Waals surface area contributed by atoms with Gasteiger partial charge in [0.2, 0.25) is 0 Å². The average Bonchev–Trinajstić information content (AvgIpc) is 2.69. The van der Waals surface area contributed by atoms with Gasteiger partial charge in [-0.05, 0) is 24.3 Å². The molecule has 1 aliphatic rings. The number of quaternary nitrogens is 1. The molecule has 156 valence electrons. The third-order valence-electron chi connectivity index (χ3n) is 4.65. The van der Waals surface area contributed by atoms with Crippen LogP contribution in [0.3, 0.4) is 0 Å². The summed E-state index contributed by atoms with van der Waals surface area (Å²) in [7, 11) is 0. The molecule has 6 N–H and O–H groups in total. The lowest BCUT2D eigenvalue weighted by atomic mass is 10.1. The molecule has 8 heteroatoms. The standard InChI is InChI=1S/C20H32N4O4/c25-14-10-22-18-3-7-20(8-4-18)23-19-5-1-17(2-6-19)21-9-11-24(28,12-15-26)13-16-27/h1-3,5-6,8,21-23,25-27H,4,7,9-16H2. The van der Waals surface area contributed by atoms with Crippen LogP contribution < -0.4 is 16.0 Å². The van der Waals surface area contributed by atoms with Crippen molar-refractivity contribution in [2.24, 2.45) is 0 Å². The molecule has 0 aromatic heterocycles. The summed E-state index contributed by atoms with van der Waals surface area (Å²) < 4.78 is -0.601. The maximum Gasteiger partial charge on any atom is 0.102 e. The number of nitrogens with one attached hydrogen (secondary N) is 3. The minimum absolute atomic E-state index is 0.0892. The Bertz CT molecular complexity index is 640. The van der Waals surface area contributed by atoms with Crippen molar-refractivity contribution in [1.82, 2.24) is 5.32 Å². The highest BCUT2D eigenvalue weighted by Gasteiger charge is 2.15. The SMILES string of the molecule is [O-][N+](CCO)(CCO)CCNc1ccc(NC2=CCC(NCCO)=CC2)cc1. The Kier molecular flexibility index (Phi) is 9.26. The van der Waals surface area contributed by atoms with E-state index in [-0.39, 0.29) is 39.5 Å². The number of nitrogens with zero attached hydrogens (tertiary/aromatic N) is 1. The van der Waals surface area contributed by atoms with Gasteiger partial charge in [0, 0.05) is 42.2 Å². The fourth-order valence-corrected chi connectivity index (χ4v) is 3.06. The van der Waals surface area contributed by atoms with Crippen LogP contribution in [0.4, 0.5) is 11.4 Å². The van der Waals surface area contributed by atoms with Gasteiger partial charge < -0.3 is 41.1 Å². The fraction of sp³-hybridized carbons (Fsp3) is 0.500. The van der Waals surface area contributed by atoms with Gasteiger partial charge in [-0.2, -0.15) is 0 Å². The third-order valence-corrected chi connectivity index (χ3v) is 4.65. The number of hydrogen-bond donors (Lipinski definition) is 6. The Morgan fingerprint density at radius 1 is 0.750 bits per heavy atom. The molecular weight excluding hydrogens is 360 g/mol. The molecule has 0 unspecified atom stereocenters. The number of rotatable bonds is 13. The minimum Gasteiger partial charge on any atom is -0.633 e. The molecule has 8 nitrogen and oxygen atoms in total. The fourth-order valence-electron chi connectivity index (χ4n) is 3.06. The molecule has 0 amide bonds. The zero-order valence-corrected chi connectivity index (χ0v) is 16.2. The lowest BCUT2D eigenvalue weighted by Crippen LogP contribution is -2.49. The maximum absolute atomic E-state index is 12.4. The normalized spacial score (nSPS) is 14.3. The molecule has 0 atom stereocenters. The Morgan fingerprint density at radius 2 is 1.36 bits per heavy atom. The number of hydroxylamine groups is 3. The van der Waals surface area contributed by atoms with Crippen molar-refractivity contribution in [2.45, 2.75) is 12.8 Å². The zero-order chi connectivity index (χ0) is 20.2. The summed E-state index contributed by atoms with van der Waals surface area (Å²) in [6.45, 7) is 1.26. The van der Waals surface area contributed by atoms with E-state index in [0.29, 0.717) is 13.1 Å². The van der Waals surface area contributed by atoms with Gasteiger partial charge in [-0.1, -0.05) is 12.2 Å². The number of allylic oxidation sites excluding steroid dienone is 2. The lowest BCUT2D eigenvalue weighted by Gasteiger charge is -2.42. The number of aliphatic hydroxyl groups excluding tert-OH is 3. The first-order chi connectivity index (χ1) is 13.6. The topological polar surface area (TPSA) is 120 Å². The number of hydrogen-bond acceptors (Lipinski definition) is 7. The van der Waals surface area contributed by atoms with E-state index in [2.05, 4.69) is 28.1 Å². The van der Waals surface area contributed by atoms with Gasteiger partial charge in [0.1, 0.15) is 13.1 Å². The summed E-state index contributed by atoms with van der Waals surface area (Å²) in [6.07, 6.45) is 5.89. The van der Waals surface area contributed by atoms with Crippen molar-refractivity contribution in [3.63, 3.8) is 0 Å². The first kappa shape index (κ1) is 22.2. The Hall–Kier alpha value is -2.10. The summed E-state index contributed by atoms with van der Waals surface area (Å²) in [5.41, 5.74) is 4.18. The van der Waals surface area contributed by atoms with Crippen LogP contribution in [-0.2, 0) is 0 Å². The van der Waals surface area contributed by atoms with Crippen LogP contribution in [0.2, 0.25) is 0 Å². The monoisotopic (exact) mass is 392 g/mol. The quantitative estimate of drug-likeness (QED) is 0.218. The first-order valence-electron chi connectivity index (χ1n) is 9.71. The van der Waals surface area contributed by atoms with E-state index in [1.165, 1.54) is 0 Å². The van der Waals surface area contributed by atoms with Crippen LogP contribution in [0.25, 0.3) is 0 Å². The smallest absolute Gasteiger partial charge is 0.102 e. The van der Waals surface area contributed by atoms with Crippen LogP contribution >= 0.6 is 0 Å². The number of benzene rings is 1. The highest BCUT2D eigenvalue weighted by Crippen LogP contribution is 2.20. The van der Waals surface area contributed by atoms with Gasteiger partial charge in [0.15, 0.2) is 0 Å². The molecule has 0 saturated carbocycles. The van der Waals surface area contributed by atoms with E-state index in [9.17, 15) is 5.21 Å². The van der Waals surface area contributed by atoms with Gasteiger partial charge in [-0.25, -0.2) is 0 Å². The predicted octanol–water partition coefficient (Wildman–Crippen LogP) is 0.953. The summed E-state index contributed by atoms with van der Waals surface area (Å²) in [4.78, 5) is 0. The molecule has 1 aliphatic carbocycles. The number of anilines is 2. The van der Waals surface area contributed by atoms with E-state index in [1.54, 1.807) is 0 Å². The van der Waals surface area contributed by atoms with Gasteiger partial charge in [-0.3, -0.25) is 0 Å². The third kappa shape index (κ3) is 7.49. The van der Waals surface area contributed by atoms with Crippen molar-refractivity contribution in [3.05, 3.63) is 53.0 Å². The van der Waals surface area contributed by atoms with Gasteiger partial charge in [0.05, 0.1) is 32.9 Å². The molecule has 0 saturated heterocycles. The maximum atomic E-state index is 12.4. The molecule has 0 fully saturated rings. The van der Waals surface area contributed by atoms with Crippen LogP contribution in [0.15, 0.2) is 47.8 Å². The predicted molar refractivity (Wildman–Crippen MR) is 111 cm³/mol. The summed E-state index contributed by atoms with van der Waals surface area (Å²) in [5.74, 6) is 0. The molecule has 28 heavy (non-hydrogen) atoms. The molecule has 0 radical (unpaired) electrons. The summed E-state index contributed by atoms with van der Waals surface area (Å²) in [5, 5.41) is 49.1. The molecular formula is C20H32N4O4. The zero-order valence-electron chi connectivity index (χ0n) is 16.2. The second kappa shape index (κ2) is 11.7. The Labute approximate surface area is 166 Å². The lowest BCUT2D eigenvalue weighted by molar-refractivity contribution is -0.879.